The summed E-state index contributed by atoms with van der Waals surface area (Å²) in [5, 5.41) is 10.4. The fourth-order valence-corrected chi connectivity index (χ4v) is 2.64. The van der Waals surface area contributed by atoms with Gasteiger partial charge in [0.15, 0.2) is 0 Å². The lowest BCUT2D eigenvalue weighted by atomic mass is 9.98. The highest BCUT2D eigenvalue weighted by Crippen LogP contribution is 2.44. The van der Waals surface area contributed by atoms with Gasteiger partial charge < -0.3 is 5.11 Å². The van der Waals surface area contributed by atoms with Crippen LogP contribution in [-0.2, 0) is 6.42 Å². The van der Waals surface area contributed by atoms with E-state index in [2.05, 4.69) is 24.8 Å². The van der Waals surface area contributed by atoms with Gasteiger partial charge in [-0.1, -0.05) is 48.5 Å². The third-order valence-corrected chi connectivity index (χ3v) is 3.38. The predicted molar refractivity (Wildman–Crippen MR) is 69.8 cm³/mol. The van der Waals surface area contributed by atoms with E-state index in [0.717, 1.165) is 28.7 Å². The first-order valence-electron chi connectivity index (χ1n) is 5.83. The average molecular weight is 222 g/mol. The van der Waals surface area contributed by atoms with Crippen LogP contribution in [0.25, 0.3) is 11.1 Å². The molecule has 2 aromatic rings. The molecular formula is C16H14O. The van der Waals surface area contributed by atoms with E-state index in [1.165, 1.54) is 5.56 Å². The average Bonchev–Trinajstić information content (AvgIpc) is 2.66. The molecule has 1 atom stereocenters. The summed E-state index contributed by atoms with van der Waals surface area (Å²) in [6.07, 6.45) is 2.19. The van der Waals surface area contributed by atoms with Crippen molar-refractivity contribution < 1.29 is 5.11 Å². The fourth-order valence-electron chi connectivity index (χ4n) is 2.64. The Morgan fingerprint density at radius 1 is 1.06 bits per heavy atom. The Bertz CT molecular complexity index is 584. The Hall–Kier alpha value is -1.86. The fraction of sp³-hybridized carbons (Fsp3) is 0.125. The molecular weight excluding hydrogens is 208 g/mol. The molecule has 1 unspecified atom stereocenters. The van der Waals surface area contributed by atoms with Crippen LogP contribution in [0.4, 0.5) is 0 Å². The van der Waals surface area contributed by atoms with Crippen molar-refractivity contribution in [1.82, 2.24) is 0 Å². The van der Waals surface area contributed by atoms with Gasteiger partial charge in [0.1, 0.15) is 6.10 Å². The molecule has 0 radical (unpaired) electrons. The Balaban J connectivity index is 2.26. The molecule has 17 heavy (non-hydrogen) atoms. The smallest absolute Gasteiger partial charge is 0.106 e. The molecule has 0 saturated heterocycles. The number of rotatable bonds is 2. The second kappa shape index (κ2) is 3.86. The van der Waals surface area contributed by atoms with Crippen molar-refractivity contribution in [3.05, 3.63) is 71.8 Å². The van der Waals surface area contributed by atoms with Crippen LogP contribution in [0.1, 0.15) is 22.8 Å². The van der Waals surface area contributed by atoms with Crippen molar-refractivity contribution >= 4 is 0 Å². The summed E-state index contributed by atoms with van der Waals surface area (Å²) in [6.45, 7) is 3.77. The van der Waals surface area contributed by atoms with Crippen LogP contribution < -0.4 is 0 Å². The Morgan fingerprint density at radius 3 is 2.65 bits per heavy atom. The molecule has 0 amide bonds. The van der Waals surface area contributed by atoms with E-state index in [0.29, 0.717) is 0 Å². The molecule has 0 aliphatic heterocycles. The summed E-state index contributed by atoms with van der Waals surface area (Å²) < 4.78 is 0. The minimum atomic E-state index is -0.489. The third kappa shape index (κ3) is 1.43. The molecule has 1 N–H and O–H groups in total. The second-order valence-corrected chi connectivity index (χ2v) is 4.36. The maximum Gasteiger partial charge on any atom is 0.106 e. The van der Waals surface area contributed by atoms with Crippen LogP contribution in [-0.4, -0.2) is 5.11 Å². The van der Waals surface area contributed by atoms with E-state index in [1.54, 1.807) is 0 Å². The lowest BCUT2D eigenvalue weighted by Gasteiger charge is -2.10. The van der Waals surface area contributed by atoms with E-state index in [1.807, 2.05) is 30.3 Å². The van der Waals surface area contributed by atoms with Gasteiger partial charge in [0.25, 0.3) is 0 Å². The summed E-state index contributed by atoms with van der Waals surface area (Å²) in [7, 11) is 0. The molecule has 0 fully saturated rings. The van der Waals surface area contributed by atoms with Crippen LogP contribution in [0.15, 0.2) is 55.1 Å². The number of aliphatic hydroxyl groups excluding tert-OH is 1. The Morgan fingerprint density at radius 2 is 1.82 bits per heavy atom. The number of hydrogen-bond donors (Lipinski definition) is 1. The monoisotopic (exact) mass is 222 g/mol. The highest BCUT2D eigenvalue weighted by atomic mass is 16.3. The van der Waals surface area contributed by atoms with Crippen LogP contribution >= 0.6 is 0 Å². The molecule has 3 rings (SSSR count). The number of hydrogen-bond acceptors (Lipinski definition) is 1. The minimum Gasteiger partial charge on any atom is -0.384 e. The highest BCUT2D eigenvalue weighted by molar-refractivity contribution is 5.79. The quantitative estimate of drug-likeness (QED) is 0.771. The van der Waals surface area contributed by atoms with Gasteiger partial charge in [-0.05, 0) is 34.2 Å². The molecule has 2 aromatic carbocycles. The summed E-state index contributed by atoms with van der Waals surface area (Å²) in [4.78, 5) is 0. The number of allylic oxidation sites excluding steroid dienone is 1. The Labute approximate surface area is 101 Å². The molecule has 84 valence electrons. The van der Waals surface area contributed by atoms with Gasteiger partial charge in [-0.2, -0.15) is 0 Å². The summed E-state index contributed by atoms with van der Waals surface area (Å²) >= 11 is 0. The van der Waals surface area contributed by atoms with E-state index in [-0.39, 0.29) is 0 Å². The van der Waals surface area contributed by atoms with Crippen LogP contribution in [0.3, 0.4) is 0 Å². The first-order chi connectivity index (χ1) is 8.33. The van der Waals surface area contributed by atoms with Gasteiger partial charge in [0.05, 0.1) is 0 Å². The van der Waals surface area contributed by atoms with Gasteiger partial charge in [-0.15, -0.1) is 6.58 Å². The topological polar surface area (TPSA) is 20.2 Å². The first kappa shape index (κ1) is 10.3. The van der Waals surface area contributed by atoms with Crippen LogP contribution in [0, 0.1) is 0 Å². The van der Waals surface area contributed by atoms with Crippen LogP contribution in [0.2, 0.25) is 0 Å². The molecule has 0 saturated carbocycles. The molecule has 0 spiro atoms. The highest BCUT2D eigenvalue weighted by Gasteiger charge is 2.28. The van der Waals surface area contributed by atoms with E-state index in [9.17, 15) is 5.11 Å². The standard InChI is InChI=1S/C16H14O/c1-2-6-11-7-5-10-13-12-8-3-4-9-14(12)16(17)15(11)13/h2-5,7-10,16-17H,1,6H2. The van der Waals surface area contributed by atoms with Gasteiger partial charge in [0, 0.05) is 0 Å². The van der Waals surface area contributed by atoms with Crippen molar-refractivity contribution in [1.29, 1.82) is 0 Å². The predicted octanol–water partition coefficient (Wildman–Crippen LogP) is 3.48. The molecule has 1 heteroatoms. The lowest BCUT2D eigenvalue weighted by molar-refractivity contribution is 0.224. The summed E-state index contributed by atoms with van der Waals surface area (Å²) in [5.41, 5.74) is 5.54. The van der Waals surface area contributed by atoms with Gasteiger partial charge in [-0.25, -0.2) is 0 Å². The molecule has 0 aromatic heterocycles. The number of fused-ring (bicyclic) bond motifs is 3. The maximum atomic E-state index is 10.4. The first-order valence-corrected chi connectivity index (χ1v) is 5.83. The largest absolute Gasteiger partial charge is 0.384 e. The van der Waals surface area contributed by atoms with E-state index < -0.39 is 6.10 Å². The third-order valence-electron chi connectivity index (χ3n) is 3.38. The zero-order chi connectivity index (χ0) is 11.8. The molecule has 0 bridgehead atoms. The maximum absolute atomic E-state index is 10.4. The van der Waals surface area contributed by atoms with E-state index in [4.69, 9.17) is 0 Å². The zero-order valence-corrected chi connectivity index (χ0v) is 9.56. The zero-order valence-electron chi connectivity index (χ0n) is 9.56. The normalized spacial score (nSPS) is 16.4. The minimum absolute atomic E-state index is 0.489. The molecule has 1 aliphatic carbocycles. The summed E-state index contributed by atoms with van der Waals surface area (Å²) in [6, 6.07) is 14.3. The lowest BCUT2D eigenvalue weighted by Crippen LogP contribution is -1.98. The van der Waals surface area contributed by atoms with E-state index >= 15 is 0 Å². The SMILES string of the molecule is C=CCc1cccc2c1C(O)c1ccccc1-2. The van der Waals surface area contributed by atoms with Gasteiger partial charge in [-0.3, -0.25) is 0 Å². The van der Waals surface area contributed by atoms with Crippen molar-refractivity contribution in [3.63, 3.8) is 0 Å². The second-order valence-electron chi connectivity index (χ2n) is 4.36. The van der Waals surface area contributed by atoms with Crippen molar-refractivity contribution in [2.24, 2.45) is 0 Å². The van der Waals surface area contributed by atoms with Crippen molar-refractivity contribution in [2.45, 2.75) is 12.5 Å². The molecule has 1 nitrogen and oxygen atoms in total. The van der Waals surface area contributed by atoms with Crippen molar-refractivity contribution in [2.75, 3.05) is 0 Å². The van der Waals surface area contributed by atoms with Gasteiger partial charge in [0.2, 0.25) is 0 Å². The number of aliphatic hydroxyl groups is 1. The Kier molecular flexibility index (Phi) is 2.34. The van der Waals surface area contributed by atoms with Crippen LogP contribution in [0.5, 0.6) is 0 Å². The van der Waals surface area contributed by atoms with Crippen molar-refractivity contribution in [3.8, 4) is 11.1 Å². The van der Waals surface area contributed by atoms with Gasteiger partial charge >= 0.3 is 0 Å². The molecule has 0 heterocycles. The number of benzene rings is 2. The molecule has 1 aliphatic rings. The summed E-state index contributed by atoms with van der Waals surface area (Å²) in [5.74, 6) is 0.